The molecule has 0 radical (unpaired) electrons. The van der Waals surface area contributed by atoms with Gasteiger partial charge in [-0.25, -0.2) is 0 Å². The lowest BCUT2D eigenvalue weighted by molar-refractivity contribution is -0.136. The van der Waals surface area contributed by atoms with Gasteiger partial charge in [0.05, 0.1) is 7.11 Å². The van der Waals surface area contributed by atoms with Crippen molar-refractivity contribution in [2.75, 3.05) is 7.11 Å². The number of carboxylic acids is 1. The van der Waals surface area contributed by atoms with E-state index >= 15 is 0 Å². The molecular weight excluding hydrogens is 300 g/mol. The van der Waals surface area contributed by atoms with E-state index in [0.717, 1.165) is 17.7 Å². The lowest BCUT2D eigenvalue weighted by atomic mass is 9.84. The van der Waals surface area contributed by atoms with Crippen molar-refractivity contribution in [1.29, 1.82) is 0 Å². The van der Waals surface area contributed by atoms with Gasteiger partial charge in [0, 0.05) is 6.42 Å². The first-order chi connectivity index (χ1) is 11.3. The molecule has 0 unspecified atom stereocenters. The molecular formula is C21H26O3. The third-order valence-corrected chi connectivity index (χ3v) is 4.13. The zero-order valence-electron chi connectivity index (χ0n) is 14.9. The summed E-state index contributed by atoms with van der Waals surface area (Å²) in [6, 6.07) is 14.6. The topological polar surface area (TPSA) is 46.5 Å². The van der Waals surface area contributed by atoms with E-state index in [9.17, 15) is 4.79 Å². The lowest BCUT2D eigenvalue weighted by Gasteiger charge is -2.23. The number of ether oxygens (including phenoxy) is 1. The van der Waals surface area contributed by atoms with Crippen molar-refractivity contribution in [3.8, 4) is 5.75 Å². The second-order valence-electron chi connectivity index (χ2n) is 7.17. The summed E-state index contributed by atoms with van der Waals surface area (Å²) in [7, 11) is 1.71. The van der Waals surface area contributed by atoms with Gasteiger partial charge in [0.1, 0.15) is 5.75 Å². The van der Waals surface area contributed by atoms with Gasteiger partial charge < -0.3 is 9.84 Å². The fourth-order valence-electron chi connectivity index (χ4n) is 2.76. The molecule has 0 aliphatic rings. The van der Waals surface area contributed by atoms with E-state index in [4.69, 9.17) is 9.84 Å². The molecule has 0 aliphatic heterocycles. The summed E-state index contributed by atoms with van der Waals surface area (Å²) in [5, 5.41) is 8.75. The molecule has 2 aromatic carbocycles. The summed E-state index contributed by atoms with van der Waals surface area (Å²) in [4.78, 5) is 10.6. The average Bonchev–Trinajstić information content (AvgIpc) is 2.53. The Balaban J connectivity index is 2.15. The Morgan fingerprint density at radius 1 is 1.00 bits per heavy atom. The van der Waals surface area contributed by atoms with Crippen molar-refractivity contribution in [2.24, 2.45) is 0 Å². The van der Waals surface area contributed by atoms with E-state index in [1.165, 1.54) is 16.7 Å². The Hall–Kier alpha value is -2.29. The minimum Gasteiger partial charge on any atom is -0.496 e. The molecule has 128 valence electrons. The fourth-order valence-corrected chi connectivity index (χ4v) is 2.76. The van der Waals surface area contributed by atoms with E-state index in [2.05, 4.69) is 45.0 Å². The van der Waals surface area contributed by atoms with Gasteiger partial charge in [-0.3, -0.25) is 4.79 Å². The van der Waals surface area contributed by atoms with Crippen LogP contribution in [0.4, 0.5) is 0 Å². The summed E-state index contributed by atoms with van der Waals surface area (Å²) in [6.07, 6.45) is 1.60. The van der Waals surface area contributed by atoms with Crippen LogP contribution in [0.15, 0.2) is 42.5 Å². The molecule has 0 aromatic heterocycles. The Morgan fingerprint density at radius 3 is 2.12 bits per heavy atom. The summed E-state index contributed by atoms with van der Waals surface area (Å²) in [6.45, 7) is 6.56. The smallest absolute Gasteiger partial charge is 0.303 e. The SMILES string of the molecule is COc1ccc(Cc2ccc(CCC(=O)O)cc2)cc1C(C)(C)C. The maximum Gasteiger partial charge on any atom is 0.303 e. The highest BCUT2D eigenvalue weighted by Gasteiger charge is 2.19. The predicted molar refractivity (Wildman–Crippen MR) is 96.9 cm³/mol. The highest BCUT2D eigenvalue weighted by atomic mass is 16.5. The van der Waals surface area contributed by atoms with Gasteiger partial charge in [0.15, 0.2) is 0 Å². The Labute approximate surface area is 144 Å². The van der Waals surface area contributed by atoms with Gasteiger partial charge >= 0.3 is 5.97 Å². The van der Waals surface area contributed by atoms with Crippen molar-refractivity contribution < 1.29 is 14.6 Å². The summed E-state index contributed by atoms with van der Waals surface area (Å²) >= 11 is 0. The van der Waals surface area contributed by atoms with Gasteiger partial charge in [-0.1, -0.05) is 57.2 Å². The second kappa shape index (κ2) is 7.52. The van der Waals surface area contributed by atoms with E-state index in [-0.39, 0.29) is 11.8 Å². The minimum atomic E-state index is -0.757. The molecule has 0 spiro atoms. The number of methoxy groups -OCH3 is 1. The van der Waals surface area contributed by atoms with Crippen LogP contribution in [0.1, 0.15) is 49.4 Å². The number of aliphatic carboxylic acids is 1. The number of carbonyl (C=O) groups is 1. The number of carboxylic acid groups (broad SMARTS) is 1. The van der Waals surface area contributed by atoms with E-state index in [0.29, 0.717) is 6.42 Å². The van der Waals surface area contributed by atoms with Crippen LogP contribution in [0.25, 0.3) is 0 Å². The van der Waals surface area contributed by atoms with Crippen LogP contribution in [0.2, 0.25) is 0 Å². The number of aryl methyl sites for hydroxylation is 1. The molecule has 3 heteroatoms. The van der Waals surface area contributed by atoms with E-state index in [1.54, 1.807) is 7.11 Å². The van der Waals surface area contributed by atoms with Crippen LogP contribution >= 0.6 is 0 Å². The standard InChI is InChI=1S/C21H26O3/c1-21(2,3)18-14-17(9-11-19(18)24-4)13-16-7-5-15(6-8-16)10-12-20(22)23/h5-9,11,14H,10,12-13H2,1-4H3,(H,22,23). The molecule has 0 fully saturated rings. The monoisotopic (exact) mass is 326 g/mol. The van der Waals surface area contributed by atoms with Crippen molar-refractivity contribution >= 4 is 5.97 Å². The molecule has 1 N–H and O–H groups in total. The van der Waals surface area contributed by atoms with Crippen molar-refractivity contribution in [1.82, 2.24) is 0 Å². The fraction of sp³-hybridized carbons (Fsp3) is 0.381. The zero-order valence-corrected chi connectivity index (χ0v) is 14.9. The van der Waals surface area contributed by atoms with Crippen LogP contribution in [0, 0.1) is 0 Å². The molecule has 0 saturated heterocycles. The predicted octanol–water partition coefficient (Wildman–Crippen LogP) is 4.60. The van der Waals surface area contributed by atoms with Gasteiger partial charge in [0.2, 0.25) is 0 Å². The Bertz CT molecular complexity index is 694. The van der Waals surface area contributed by atoms with Crippen LogP contribution < -0.4 is 4.74 Å². The first kappa shape index (κ1) is 18.1. The normalized spacial score (nSPS) is 11.3. The summed E-state index contributed by atoms with van der Waals surface area (Å²) in [5.74, 6) is 0.169. The van der Waals surface area contributed by atoms with Crippen LogP contribution in [-0.4, -0.2) is 18.2 Å². The van der Waals surface area contributed by atoms with E-state index < -0.39 is 5.97 Å². The van der Waals surface area contributed by atoms with Crippen molar-refractivity contribution in [3.63, 3.8) is 0 Å². The molecule has 2 rings (SSSR count). The number of hydrogen-bond donors (Lipinski definition) is 1. The quantitative estimate of drug-likeness (QED) is 0.844. The van der Waals surface area contributed by atoms with E-state index in [1.807, 2.05) is 18.2 Å². The molecule has 0 atom stereocenters. The number of benzene rings is 2. The van der Waals surface area contributed by atoms with Crippen LogP contribution in [0.5, 0.6) is 5.75 Å². The third-order valence-electron chi connectivity index (χ3n) is 4.13. The average molecular weight is 326 g/mol. The number of hydrogen-bond acceptors (Lipinski definition) is 2. The molecule has 2 aromatic rings. The lowest BCUT2D eigenvalue weighted by Crippen LogP contribution is -2.13. The minimum absolute atomic E-state index is 0.0298. The Kier molecular flexibility index (Phi) is 5.66. The van der Waals surface area contributed by atoms with Crippen molar-refractivity contribution in [3.05, 3.63) is 64.7 Å². The highest BCUT2D eigenvalue weighted by Crippen LogP contribution is 2.32. The van der Waals surface area contributed by atoms with Crippen molar-refractivity contribution in [2.45, 2.75) is 45.4 Å². The first-order valence-electron chi connectivity index (χ1n) is 8.26. The highest BCUT2D eigenvalue weighted by molar-refractivity contribution is 5.67. The summed E-state index contributed by atoms with van der Waals surface area (Å²) < 4.78 is 5.49. The maximum atomic E-state index is 10.6. The zero-order chi connectivity index (χ0) is 17.7. The molecule has 0 amide bonds. The molecule has 0 bridgehead atoms. The van der Waals surface area contributed by atoms with Crippen LogP contribution in [0.3, 0.4) is 0 Å². The van der Waals surface area contributed by atoms with Gasteiger partial charge in [-0.15, -0.1) is 0 Å². The van der Waals surface area contributed by atoms with Gasteiger partial charge in [-0.2, -0.15) is 0 Å². The summed E-state index contributed by atoms with van der Waals surface area (Å²) in [5.41, 5.74) is 4.77. The third kappa shape index (κ3) is 4.85. The van der Waals surface area contributed by atoms with Crippen LogP contribution in [-0.2, 0) is 23.1 Å². The number of rotatable bonds is 6. The molecule has 0 aliphatic carbocycles. The van der Waals surface area contributed by atoms with Gasteiger partial charge in [-0.05, 0) is 46.6 Å². The second-order valence-corrected chi connectivity index (χ2v) is 7.17. The molecule has 0 heterocycles. The molecule has 24 heavy (non-hydrogen) atoms. The first-order valence-corrected chi connectivity index (χ1v) is 8.26. The Morgan fingerprint density at radius 2 is 1.58 bits per heavy atom. The van der Waals surface area contributed by atoms with Gasteiger partial charge in [0.25, 0.3) is 0 Å². The maximum absolute atomic E-state index is 10.6. The molecule has 0 saturated carbocycles. The molecule has 3 nitrogen and oxygen atoms in total. The largest absolute Gasteiger partial charge is 0.496 e.